The monoisotopic (exact) mass is 163 g/mol. The maximum Gasteiger partial charge on any atom is 0.267 e. The normalized spacial score (nSPS) is 10.1. The summed E-state index contributed by atoms with van der Waals surface area (Å²) in [6.07, 6.45) is 2.88. The van der Waals surface area contributed by atoms with E-state index in [-0.39, 0.29) is 0 Å². The highest BCUT2D eigenvalue weighted by atomic mass is 16.5. The van der Waals surface area contributed by atoms with Crippen molar-refractivity contribution >= 4 is 12.0 Å². The third-order valence-corrected chi connectivity index (χ3v) is 1.34. The Kier molecular flexibility index (Phi) is 3.04. The molecule has 1 aromatic carbocycles. The standard InChI is InChI=1S/C9H9NO2/c11-9(10-12)7-6-8-4-2-1-3-5-8/h1-7,12H,(H,10,11)/b7-6-. The zero-order valence-corrected chi connectivity index (χ0v) is 6.40. The maximum atomic E-state index is 10.5. The van der Waals surface area contributed by atoms with Gasteiger partial charge in [-0.05, 0) is 11.6 Å². The van der Waals surface area contributed by atoms with Crippen molar-refractivity contribution < 1.29 is 10.0 Å². The van der Waals surface area contributed by atoms with Gasteiger partial charge in [-0.15, -0.1) is 0 Å². The van der Waals surface area contributed by atoms with Crippen LogP contribution in [0.2, 0.25) is 0 Å². The van der Waals surface area contributed by atoms with Gasteiger partial charge < -0.3 is 0 Å². The average Bonchev–Trinajstić information content (AvgIpc) is 2.16. The van der Waals surface area contributed by atoms with E-state index in [1.807, 2.05) is 30.3 Å². The summed E-state index contributed by atoms with van der Waals surface area (Å²) in [7, 11) is 0. The van der Waals surface area contributed by atoms with E-state index in [0.29, 0.717) is 0 Å². The minimum Gasteiger partial charge on any atom is -0.288 e. The molecule has 1 aromatic rings. The molecule has 0 radical (unpaired) electrons. The van der Waals surface area contributed by atoms with Crippen molar-refractivity contribution in [3.8, 4) is 0 Å². The first kappa shape index (κ1) is 8.49. The van der Waals surface area contributed by atoms with Gasteiger partial charge >= 0.3 is 0 Å². The number of hydrogen-bond donors (Lipinski definition) is 2. The molecule has 0 unspecified atom stereocenters. The Hall–Kier alpha value is -1.61. The molecule has 0 aliphatic heterocycles. The Morgan fingerprint density at radius 3 is 2.58 bits per heavy atom. The summed E-state index contributed by atoms with van der Waals surface area (Å²) in [4.78, 5) is 10.5. The van der Waals surface area contributed by atoms with Crippen molar-refractivity contribution in [2.24, 2.45) is 0 Å². The number of carbonyl (C=O) groups is 1. The van der Waals surface area contributed by atoms with E-state index >= 15 is 0 Å². The molecule has 0 spiro atoms. The highest BCUT2D eigenvalue weighted by Gasteiger charge is 1.88. The molecule has 0 aromatic heterocycles. The number of hydrogen-bond acceptors (Lipinski definition) is 2. The first-order chi connectivity index (χ1) is 5.83. The van der Waals surface area contributed by atoms with E-state index in [0.717, 1.165) is 5.56 Å². The Balaban J connectivity index is 2.64. The van der Waals surface area contributed by atoms with Gasteiger partial charge in [0, 0.05) is 6.08 Å². The van der Waals surface area contributed by atoms with Gasteiger partial charge in [0.1, 0.15) is 0 Å². The van der Waals surface area contributed by atoms with Gasteiger partial charge in [0.25, 0.3) is 5.91 Å². The fraction of sp³-hybridized carbons (Fsp3) is 0. The van der Waals surface area contributed by atoms with Gasteiger partial charge in [-0.3, -0.25) is 10.0 Å². The zero-order valence-electron chi connectivity index (χ0n) is 6.40. The van der Waals surface area contributed by atoms with Crippen LogP contribution in [0.4, 0.5) is 0 Å². The van der Waals surface area contributed by atoms with Crippen LogP contribution in [0.5, 0.6) is 0 Å². The van der Waals surface area contributed by atoms with Crippen LogP contribution in [-0.2, 0) is 4.79 Å². The molecule has 12 heavy (non-hydrogen) atoms. The Morgan fingerprint density at radius 1 is 1.33 bits per heavy atom. The topological polar surface area (TPSA) is 49.3 Å². The van der Waals surface area contributed by atoms with E-state index in [1.54, 1.807) is 6.08 Å². The molecule has 0 saturated heterocycles. The second kappa shape index (κ2) is 4.31. The first-order valence-corrected chi connectivity index (χ1v) is 3.50. The van der Waals surface area contributed by atoms with Crippen molar-refractivity contribution in [2.45, 2.75) is 0 Å². The number of carbonyl (C=O) groups excluding carboxylic acids is 1. The molecule has 0 fully saturated rings. The molecule has 3 nitrogen and oxygen atoms in total. The van der Waals surface area contributed by atoms with E-state index < -0.39 is 5.91 Å². The second-order valence-corrected chi connectivity index (χ2v) is 2.22. The Labute approximate surface area is 70.3 Å². The van der Waals surface area contributed by atoms with Crippen molar-refractivity contribution in [2.75, 3.05) is 0 Å². The number of nitrogens with one attached hydrogen (secondary N) is 1. The fourth-order valence-corrected chi connectivity index (χ4v) is 0.773. The third kappa shape index (κ3) is 2.56. The molecule has 2 N–H and O–H groups in total. The summed E-state index contributed by atoms with van der Waals surface area (Å²) in [5.41, 5.74) is 2.43. The van der Waals surface area contributed by atoms with Crippen LogP contribution in [0, 0.1) is 0 Å². The smallest absolute Gasteiger partial charge is 0.267 e. The molecular formula is C9H9NO2. The van der Waals surface area contributed by atoms with Crippen molar-refractivity contribution in [3.63, 3.8) is 0 Å². The Bertz CT molecular complexity index is 280. The van der Waals surface area contributed by atoms with Crippen molar-refractivity contribution in [1.82, 2.24) is 5.48 Å². The summed E-state index contributed by atoms with van der Waals surface area (Å²) in [6, 6.07) is 9.36. The lowest BCUT2D eigenvalue weighted by molar-refractivity contribution is -0.124. The lowest BCUT2D eigenvalue weighted by Crippen LogP contribution is -2.14. The van der Waals surface area contributed by atoms with Gasteiger partial charge in [-0.2, -0.15) is 0 Å². The predicted octanol–water partition coefficient (Wildman–Crippen LogP) is 1.21. The molecule has 0 saturated carbocycles. The molecule has 62 valence electrons. The van der Waals surface area contributed by atoms with Crippen LogP contribution < -0.4 is 5.48 Å². The second-order valence-electron chi connectivity index (χ2n) is 2.22. The molecule has 0 atom stereocenters. The average molecular weight is 163 g/mol. The summed E-state index contributed by atoms with van der Waals surface area (Å²) in [5, 5.41) is 8.16. The third-order valence-electron chi connectivity index (χ3n) is 1.34. The predicted molar refractivity (Wildman–Crippen MR) is 45.4 cm³/mol. The van der Waals surface area contributed by atoms with Crippen LogP contribution in [0.25, 0.3) is 6.08 Å². The van der Waals surface area contributed by atoms with Crippen LogP contribution >= 0.6 is 0 Å². The molecule has 1 rings (SSSR count). The molecule has 0 aliphatic rings. The molecule has 0 heterocycles. The molecule has 0 bridgehead atoms. The van der Waals surface area contributed by atoms with Gasteiger partial charge in [0.05, 0.1) is 0 Å². The number of benzene rings is 1. The first-order valence-electron chi connectivity index (χ1n) is 3.50. The highest BCUT2D eigenvalue weighted by Crippen LogP contribution is 1.99. The lowest BCUT2D eigenvalue weighted by atomic mass is 10.2. The number of amides is 1. The summed E-state index contributed by atoms with van der Waals surface area (Å²) >= 11 is 0. The van der Waals surface area contributed by atoms with Gasteiger partial charge in [-0.1, -0.05) is 30.3 Å². The van der Waals surface area contributed by atoms with Crippen molar-refractivity contribution in [1.29, 1.82) is 0 Å². The molecule has 0 aliphatic carbocycles. The van der Waals surface area contributed by atoms with Gasteiger partial charge in [0.15, 0.2) is 0 Å². The minimum atomic E-state index is -0.529. The Morgan fingerprint density at radius 2 is 2.00 bits per heavy atom. The maximum absolute atomic E-state index is 10.5. The van der Waals surface area contributed by atoms with Crippen LogP contribution in [0.15, 0.2) is 36.4 Å². The van der Waals surface area contributed by atoms with E-state index in [1.165, 1.54) is 11.6 Å². The van der Waals surface area contributed by atoms with Crippen LogP contribution in [0.1, 0.15) is 5.56 Å². The van der Waals surface area contributed by atoms with E-state index in [4.69, 9.17) is 5.21 Å². The van der Waals surface area contributed by atoms with Crippen molar-refractivity contribution in [3.05, 3.63) is 42.0 Å². The van der Waals surface area contributed by atoms with E-state index in [9.17, 15) is 4.79 Å². The SMILES string of the molecule is O=C(/C=C\c1ccccc1)NO. The quantitative estimate of drug-likeness (QED) is 0.391. The summed E-state index contributed by atoms with van der Waals surface area (Å²) in [5.74, 6) is -0.529. The summed E-state index contributed by atoms with van der Waals surface area (Å²) in [6.45, 7) is 0. The number of rotatable bonds is 2. The van der Waals surface area contributed by atoms with Gasteiger partial charge in [-0.25, -0.2) is 5.48 Å². The largest absolute Gasteiger partial charge is 0.288 e. The highest BCUT2D eigenvalue weighted by molar-refractivity contribution is 5.90. The van der Waals surface area contributed by atoms with E-state index in [2.05, 4.69) is 0 Å². The molecule has 1 amide bonds. The zero-order chi connectivity index (χ0) is 8.81. The molecule has 3 heteroatoms. The van der Waals surface area contributed by atoms with Crippen LogP contribution in [0.3, 0.4) is 0 Å². The summed E-state index contributed by atoms with van der Waals surface area (Å²) < 4.78 is 0. The lowest BCUT2D eigenvalue weighted by Gasteiger charge is -1.90. The van der Waals surface area contributed by atoms with Gasteiger partial charge in [0.2, 0.25) is 0 Å². The number of hydroxylamine groups is 1. The minimum absolute atomic E-state index is 0.529. The van der Waals surface area contributed by atoms with Crippen LogP contribution in [-0.4, -0.2) is 11.1 Å². The fourth-order valence-electron chi connectivity index (χ4n) is 0.773. The molecular weight excluding hydrogens is 154 g/mol.